The van der Waals surface area contributed by atoms with E-state index >= 15 is 0 Å². The molecule has 7 nitrogen and oxygen atoms in total. The number of benzene rings is 2. The molecule has 0 saturated carbocycles. The predicted octanol–water partition coefficient (Wildman–Crippen LogP) is 4.95. The van der Waals surface area contributed by atoms with Crippen LogP contribution in [0.3, 0.4) is 0 Å². The van der Waals surface area contributed by atoms with E-state index in [0.29, 0.717) is 6.79 Å². The summed E-state index contributed by atoms with van der Waals surface area (Å²) >= 11 is 0. The molecule has 7 heteroatoms. The number of hydrogen-bond donors (Lipinski definition) is 1. The lowest BCUT2D eigenvalue weighted by molar-refractivity contribution is -0.686. The van der Waals surface area contributed by atoms with E-state index in [1.165, 1.54) is 46.0 Å². The molecule has 3 aliphatic heterocycles. The van der Waals surface area contributed by atoms with E-state index in [2.05, 4.69) is 52.2 Å². The number of unbranched alkanes of at least 4 members (excludes halogenated alkanes) is 2. The van der Waals surface area contributed by atoms with Crippen LogP contribution in [0.2, 0.25) is 0 Å². The number of fused-ring (bicyclic) bond motifs is 5. The Balaban J connectivity index is 1.44. The molecule has 0 aliphatic carbocycles. The molecule has 0 amide bonds. The highest BCUT2D eigenvalue weighted by Gasteiger charge is 2.32. The van der Waals surface area contributed by atoms with Crippen molar-refractivity contribution in [3.63, 3.8) is 0 Å². The number of hydrogen-bond acceptors (Lipinski definition) is 6. The Kier molecular flexibility index (Phi) is 7.56. The van der Waals surface area contributed by atoms with Gasteiger partial charge in [0.05, 0.1) is 37.0 Å². The summed E-state index contributed by atoms with van der Waals surface area (Å²) in [7, 11) is 1.77. The summed E-state index contributed by atoms with van der Waals surface area (Å²) in [5.41, 5.74) is 6.46. The molecule has 2 aromatic carbocycles. The van der Waals surface area contributed by atoms with Crippen LogP contribution in [-0.2, 0) is 24.1 Å². The lowest BCUT2D eigenvalue weighted by atomic mass is 9.89. The molecule has 1 aromatic heterocycles. The third-order valence-corrected chi connectivity index (χ3v) is 8.17. The summed E-state index contributed by atoms with van der Waals surface area (Å²) < 4.78 is 25.4. The van der Waals surface area contributed by atoms with Crippen LogP contribution >= 0.6 is 0 Å². The molecule has 0 spiro atoms. The van der Waals surface area contributed by atoms with Gasteiger partial charge in [0.2, 0.25) is 12.5 Å². The molecule has 1 fully saturated rings. The zero-order valence-corrected chi connectivity index (χ0v) is 22.8. The van der Waals surface area contributed by atoms with Gasteiger partial charge in [-0.1, -0.05) is 19.8 Å². The number of anilines is 1. The number of nitrogens with one attached hydrogen (secondary N) is 1. The first-order chi connectivity index (χ1) is 18.8. The van der Waals surface area contributed by atoms with Crippen molar-refractivity contribution < 1.29 is 23.5 Å². The maximum absolute atomic E-state index is 5.84. The number of pyridine rings is 1. The van der Waals surface area contributed by atoms with Crippen molar-refractivity contribution in [2.45, 2.75) is 52.0 Å². The van der Waals surface area contributed by atoms with Crippen LogP contribution in [0.15, 0.2) is 30.5 Å². The zero-order valence-electron chi connectivity index (χ0n) is 22.8. The largest absolute Gasteiger partial charge is 0.495 e. The second-order valence-corrected chi connectivity index (χ2v) is 10.6. The van der Waals surface area contributed by atoms with Crippen LogP contribution in [0.1, 0.15) is 43.7 Å². The van der Waals surface area contributed by atoms with Crippen LogP contribution in [0, 0.1) is 0 Å². The summed E-state index contributed by atoms with van der Waals surface area (Å²) in [6, 6.07) is 8.79. The van der Waals surface area contributed by atoms with Gasteiger partial charge in [0, 0.05) is 31.6 Å². The van der Waals surface area contributed by atoms with Crippen LogP contribution in [0.5, 0.6) is 17.2 Å². The molecule has 0 atom stereocenters. The maximum atomic E-state index is 5.84. The van der Waals surface area contributed by atoms with E-state index in [0.717, 1.165) is 94.6 Å². The first kappa shape index (κ1) is 25.3. The van der Waals surface area contributed by atoms with Crippen LogP contribution < -0.4 is 24.1 Å². The van der Waals surface area contributed by atoms with Crippen molar-refractivity contribution in [3.05, 3.63) is 41.6 Å². The molecule has 0 bridgehead atoms. The van der Waals surface area contributed by atoms with Crippen LogP contribution in [0.4, 0.5) is 5.69 Å². The smallest absolute Gasteiger partial charge is 0.231 e. The first-order valence-corrected chi connectivity index (χ1v) is 14.3. The van der Waals surface area contributed by atoms with Gasteiger partial charge in [-0.15, -0.1) is 0 Å². The normalized spacial score (nSPS) is 16.4. The van der Waals surface area contributed by atoms with Crippen molar-refractivity contribution in [3.8, 4) is 28.5 Å². The van der Waals surface area contributed by atoms with Crippen LogP contribution in [-0.4, -0.2) is 58.2 Å². The third kappa shape index (κ3) is 4.90. The van der Waals surface area contributed by atoms with Gasteiger partial charge in [0.25, 0.3) is 0 Å². The molecular formula is C31H40N3O4+. The van der Waals surface area contributed by atoms with Gasteiger partial charge in [-0.25, -0.2) is 0 Å². The van der Waals surface area contributed by atoms with Gasteiger partial charge < -0.3 is 24.3 Å². The molecule has 0 unspecified atom stereocenters. The minimum Gasteiger partial charge on any atom is -0.495 e. The fraction of sp³-hybridized carbons (Fsp3) is 0.516. The lowest BCUT2D eigenvalue weighted by Gasteiger charge is -2.27. The summed E-state index contributed by atoms with van der Waals surface area (Å²) in [6.07, 6.45) is 9.03. The number of methoxy groups -OCH3 is 1. The Bertz CT molecular complexity index is 1300. The molecule has 4 heterocycles. The highest BCUT2D eigenvalue weighted by Crippen LogP contribution is 2.43. The second-order valence-electron chi connectivity index (χ2n) is 10.6. The maximum Gasteiger partial charge on any atom is 0.231 e. The molecule has 0 radical (unpaired) electrons. The van der Waals surface area contributed by atoms with Crippen molar-refractivity contribution in [1.29, 1.82) is 0 Å². The SMILES string of the molecule is CCCCCNc1c(OC)ccc2c(CCCN3CCOCC3)c3[n+](cc12)CCc1cc2c(cc1-3)OCO2. The minimum absolute atomic E-state index is 0.301. The lowest BCUT2D eigenvalue weighted by Crippen LogP contribution is -2.41. The molecule has 1 saturated heterocycles. The Morgan fingerprint density at radius 2 is 1.87 bits per heavy atom. The number of morpholine rings is 1. The summed E-state index contributed by atoms with van der Waals surface area (Å²) in [4.78, 5) is 2.53. The first-order valence-electron chi connectivity index (χ1n) is 14.3. The van der Waals surface area contributed by atoms with Gasteiger partial charge in [0.1, 0.15) is 5.75 Å². The average Bonchev–Trinajstić information content (AvgIpc) is 3.41. The van der Waals surface area contributed by atoms with Crippen molar-refractivity contribution >= 4 is 16.5 Å². The molecular weight excluding hydrogens is 478 g/mol. The fourth-order valence-electron chi connectivity index (χ4n) is 6.16. The van der Waals surface area contributed by atoms with Crippen molar-refractivity contribution in [1.82, 2.24) is 4.90 Å². The van der Waals surface area contributed by atoms with E-state index in [9.17, 15) is 0 Å². The number of ether oxygens (including phenoxy) is 4. The Morgan fingerprint density at radius 3 is 2.68 bits per heavy atom. The molecule has 3 aromatic rings. The summed E-state index contributed by atoms with van der Waals surface area (Å²) in [6.45, 7) is 9.26. The average molecular weight is 519 g/mol. The van der Waals surface area contributed by atoms with Gasteiger partial charge in [-0.2, -0.15) is 4.57 Å². The third-order valence-electron chi connectivity index (χ3n) is 8.17. The highest BCUT2D eigenvalue weighted by atomic mass is 16.7. The van der Waals surface area contributed by atoms with Crippen LogP contribution in [0.25, 0.3) is 22.0 Å². The quantitative estimate of drug-likeness (QED) is 0.303. The second kappa shape index (κ2) is 11.4. The van der Waals surface area contributed by atoms with Gasteiger partial charge >= 0.3 is 0 Å². The molecule has 6 rings (SSSR count). The topological polar surface area (TPSA) is 56.1 Å². The summed E-state index contributed by atoms with van der Waals surface area (Å²) in [5, 5.41) is 6.29. The Hall–Kier alpha value is -3.03. The standard InChI is InChI=1S/C31H39N3O4/c1-3-4-5-11-32-30-26-20-34-13-10-22-18-28-29(38-21-37-28)19-25(22)31(34)24(23(26)8-9-27(30)35-2)7-6-12-33-14-16-36-17-15-33/h8-9,18-20H,3-7,10-17,21H2,1-2H3/p+1. The molecule has 1 N–H and O–H groups in total. The van der Waals surface area contributed by atoms with E-state index in [1.54, 1.807) is 7.11 Å². The Labute approximate surface area is 225 Å². The van der Waals surface area contributed by atoms with Crippen molar-refractivity contribution in [2.24, 2.45) is 0 Å². The Morgan fingerprint density at radius 1 is 1.03 bits per heavy atom. The number of aryl methyl sites for hydroxylation is 3. The number of aromatic nitrogens is 1. The zero-order chi connectivity index (χ0) is 25.9. The van der Waals surface area contributed by atoms with Crippen molar-refractivity contribution in [2.75, 3.05) is 58.6 Å². The summed E-state index contributed by atoms with van der Waals surface area (Å²) in [5.74, 6) is 2.63. The molecule has 3 aliphatic rings. The predicted molar refractivity (Wildman–Crippen MR) is 150 cm³/mol. The monoisotopic (exact) mass is 518 g/mol. The van der Waals surface area contributed by atoms with Gasteiger partial charge in [0.15, 0.2) is 24.2 Å². The molecule has 38 heavy (non-hydrogen) atoms. The van der Waals surface area contributed by atoms with E-state index in [1.807, 2.05) is 0 Å². The fourth-order valence-corrected chi connectivity index (χ4v) is 6.16. The van der Waals surface area contributed by atoms with E-state index in [-0.39, 0.29) is 0 Å². The minimum atomic E-state index is 0.301. The van der Waals surface area contributed by atoms with Gasteiger partial charge in [-0.05, 0) is 61.0 Å². The van der Waals surface area contributed by atoms with E-state index < -0.39 is 0 Å². The van der Waals surface area contributed by atoms with Gasteiger partial charge in [-0.3, -0.25) is 4.90 Å². The highest BCUT2D eigenvalue weighted by molar-refractivity contribution is 6.00. The number of nitrogens with zero attached hydrogens (tertiary/aromatic N) is 2. The number of rotatable bonds is 10. The van der Waals surface area contributed by atoms with E-state index in [4.69, 9.17) is 18.9 Å². The molecule has 202 valence electrons.